The Hall–Kier alpha value is -4.37. The molecule has 0 aliphatic carbocycles. The van der Waals surface area contributed by atoms with Crippen LogP contribution >= 0.6 is 0 Å². The molecule has 0 radical (unpaired) electrons. The van der Waals surface area contributed by atoms with E-state index in [0.717, 1.165) is 15.9 Å². The molecule has 1 N–H and O–H groups in total. The van der Waals surface area contributed by atoms with E-state index in [1.807, 2.05) is 30.3 Å². The van der Waals surface area contributed by atoms with Gasteiger partial charge in [-0.15, -0.1) is 6.42 Å². The predicted molar refractivity (Wildman–Crippen MR) is 117 cm³/mol. The van der Waals surface area contributed by atoms with Gasteiger partial charge in [0.15, 0.2) is 0 Å². The van der Waals surface area contributed by atoms with Gasteiger partial charge in [0.25, 0.3) is 0 Å². The monoisotopic (exact) mass is 410 g/mol. The van der Waals surface area contributed by atoms with Gasteiger partial charge >= 0.3 is 5.69 Å². The molecule has 152 valence electrons. The Morgan fingerprint density at radius 2 is 1.68 bits per heavy atom. The largest absolute Gasteiger partial charge is 0.457 e. The van der Waals surface area contributed by atoms with E-state index >= 15 is 0 Å². The lowest BCUT2D eigenvalue weighted by Crippen LogP contribution is -2.26. The number of H-pyrrole nitrogens is 1. The van der Waals surface area contributed by atoms with Gasteiger partial charge in [-0.05, 0) is 48.0 Å². The third kappa shape index (κ3) is 4.46. The first-order chi connectivity index (χ1) is 15.0. The molecule has 1 aromatic heterocycles. The summed E-state index contributed by atoms with van der Waals surface area (Å²) in [5.41, 5.74) is 1.59. The van der Waals surface area contributed by atoms with E-state index in [0.29, 0.717) is 22.3 Å². The molecule has 0 bridgehead atoms. The van der Waals surface area contributed by atoms with E-state index in [1.54, 1.807) is 42.5 Å². The molecule has 4 rings (SSSR count). The van der Waals surface area contributed by atoms with Crippen molar-refractivity contribution < 1.29 is 14.3 Å². The van der Waals surface area contributed by atoms with E-state index in [9.17, 15) is 14.4 Å². The minimum Gasteiger partial charge on any atom is -0.457 e. The Bertz CT molecular complexity index is 1360. The standard InChI is InChI=1S/C25H18N2O4/c1-2-17-10-13-23-22(15-17)26-25(30)27(23)24(29)16-19(28)14-18-8-11-21(12-9-18)31-20-6-4-3-5-7-20/h1,3-13,15H,14,16H2,(H,26,30). The van der Waals surface area contributed by atoms with Crippen LogP contribution in [0, 0.1) is 12.3 Å². The van der Waals surface area contributed by atoms with Crippen LogP contribution in [0.3, 0.4) is 0 Å². The van der Waals surface area contributed by atoms with Crippen LogP contribution in [0.4, 0.5) is 0 Å². The number of Topliss-reactive ketones (excluding diaryl/α,β-unsaturated/α-hetero) is 1. The summed E-state index contributed by atoms with van der Waals surface area (Å²) >= 11 is 0. The number of hydrogen-bond donors (Lipinski definition) is 1. The van der Waals surface area contributed by atoms with Crippen molar-refractivity contribution >= 4 is 22.7 Å². The Balaban J connectivity index is 1.42. The first-order valence-corrected chi connectivity index (χ1v) is 9.61. The molecule has 1 heterocycles. The molecule has 6 nitrogen and oxygen atoms in total. The summed E-state index contributed by atoms with van der Waals surface area (Å²) in [6.45, 7) is 0. The van der Waals surface area contributed by atoms with Crippen LogP contribution in [0.2, 0.25) is 0 Å². The molecule has 0 aliphatic rings. The fourth-order valence-electron chi connectivity index (χ4n) is 3.29. The van der Waals surface area contributed by atoms with Crippen molar-refractivity contribution in [1.29, 1.82) is 0 Å². The average molecular weight is 410 g/mol. The molecule has 0 saturated carbocycles. The summed E-state index contributed by atoms with van der Waals surface area (Å²) in [6, 6.07) is 21.3. The molecule has 3 aromatic carbocycles. The summed E-state index contributed by atoms with van der Waals surface area (Å²) in [7, 11) is 0. The third-order valence-electron chi connectivity index (χ3n) is 4.75. The van der Waals surface area contributed by atoms with Gasteiger partial charge in [-0.25, -0.2) is 9.36 Å². The van der Waals surface area contributed by atoms with Crippen LogP contribution in [-0.4, -0.2) is 21.2 Å². The highest BCUT2D eigenvalue weighted by Crippen LogP contribution is 2.21. The number of para-hydroxylation sites is 1. The topological polar surface area (TPSA) is 81.2 Å². The van der Waals surface area contributed by atoms with Crippen molar-refractivity contribution in [2.24, 2.45) is 0 Å². The Morgan fingerprint density at radius 3 is 2.39 bits per heavy atom. The Kier molecular flexibility index (Phi) is 5.50. The zero-order valence-corrected chi connectivity index (χ0v) is 16.5. The van der Waals surface area contributed by atoms with Gasteiger partial charge in [0, 0.05) is 12.0 Å². The zero-order valence-electron chi connectivity index (χ0n) is 16.5. The second-order valence-corrected chi connectivity index (χ2v) is 6.99. The Labute approximate surface area is 178 Å². The number of benzene rings is 3. The predicted octanol–water partition coefficient (Wildman–Crippen LogP) is 3.95. The minimum absolute atomic E-state index is 0.0791. The number of carbonyl (C=O) groups excluding carboxylic acids is 2. The third-order valence-corrected chi connectivity index (χ3v) is 4.75. The highest BCUT2D eigenvalue weighted by molar-refractivity contribution is 6.02. The second kappa shape index (κ2) is 8.56. The first-order valence-electron chi connectivity index (χ1n) is 9.61. The number of nitrogens with zero attached hydrogens (tertiary/aromatic N) is 1. The average Bonchev–Trinajstić information content (AvgIpc) is 3.10. The van der Waals surface area contributed by atoms with E-state index < -0.39 is 11.6 Å². The van der Waals surface area contributed by atoms with Gasteiger partial charge in [0.2, 0.25) is 5.91 Å². The summed E-state index contributed by atoms with van der Waals surface area (Å²) in [5, 5.41) is 0. The van der Waals surface area contributed by atoms with Crippen LogP contribution < -0.4 is 10.4 Å². The number of rotatable bonds is 6. The van der Waals surface area contributed by atoms with Gasteiger partial charge in [0.1, 0.15) is 17.3 Å². The summed E-state index contributed by atoms with van der Waals surface area (Å²) in [6.07, 6.45) is 5.06. The minimum atomic E-state index is -0.593. The lowest BCUT2D eigenvalue weighted by atomic mass is 10.1. The van der Waals surface area contributed by atoms with E-state index in [2.05, 4.69) is 10.9 Å². The van der Waals surface area contributed by atoms with Crippen molar-refractivity contribution in [1.82, 2.24) is 9.55 Å². The summed E-state index contributed by atoms with van der Waals surface area (Å²) in [5.74, 6) is 2.97. The number of imidazole rings is 1. The van der Waals surface area contributed by atoms with Crippen LogP contribution in [-0.2, 0) is 11.2 Å². The summed E-state index contributed by atoms with van der Waals surface area (Å²) < 4.78 is 6.71. The molecule has 0 saturated heterocycles. The molecule has 0 atom stereocenters. The van der Waals surface area contributed by atoms with Gasteiger partial charge in [-0.1, -0.05) is 36.3 Å². The van der Waals surface area contributed by atoms with E-state index in [-0.39, 0.29) is 18.6 Å². The normalized spacial score (nSPS) is 10.5. The van der Waals surface area contributed by atoms with Crippen molar-refractivity contribution in [3.8, 4) is 23.8 Å². The molecule has 0 fully saturated rings. The molecule has 0 unspecified atom stereocenters. The summed E-state index contributed by atoms with van der Waals surface area (Å²) in [4.78, 5) is 39.9. The number of terminal acetylenes is 1. The number of fused-ring (bicyclic) bond motifs is 1. The van der Waals surface area contributed by atoms with E-state index in [1.165, 1.54) is 0 Å². The zero-order chi connectivity index (χ0) is 21.8. The lowest BCUT2D eigenvalue weighted by molar-refractivity contribution is -0.117. The van der Waals surface area contributed by atoms with Crippen LogP contribution in [0.1, 0.15) is 22.3 Å². The van der Waals surface area contributed by atoms with Crippen molar-refractivity contribution in [2.75, 3.05) is 0 Å². The van der Waals surface area contributed by atoms with Gasteiger partial charge < -0.3 is 9.72 Å². The van der Waals surface area contributed by atoms with Crippen LogP contribution in [0.25, 0.3) is 11.0 Å². The molecule has 0 aliphatic heterocycles. The van der Waals surface area contributed by atoms with Crippen LogP contribution in [0.5, 0.6) is 11.5 Å². The fraction of sp³-hybridized carbons (Fsp3) is 0.0800. The van der Waals surface area contributed by atoms with Gasteiger partial charge in [0.05, 0.1) is 17.5 Å². The maximum atomic E-state index is 12.6. The number of hydrogen-bond acceptors (Lipinski definition) is 4. The van der Waals surface area contributed by atoms with Crippen molar-refractivity contribution in [2.45, 2.75) is 12.8 Å². The molecule has 0 spiro atoms. The highest BCUT2D eigenvalue weighted by Gasteiger charge is 2.18. The number of aromatic nitrogens is 2. The van der Waals surface area contributed by atoms with E-state index in [4.69, 9.17) is 11.2 Å². The smallest absolute Gasteiger partial charge is 0.333 e. The molecule has 4 aromatic rings. The molecule has 31 heavy (non-hydrogen) atoms. The SMILES string of the molecule is C#Cc1ccc2c(c1)[nH]c(=O)n2C(=O)CC(=O)Cc1ccc(Oc2ccccc2)cc1. The molecular formula is C25H18N2O4. The van der Waals surface area contributed by atoms with Crippen LogP contribution in [0.15, 0.2) is 77.6 Å². The Morgan fingerprint density at radius 1 is 0.968 bits per heavy atom. The molecule has 0 amide bonds. The molecular weight excluding hydrogens is 392 g/mol. The maximum Gasteiger partial charge on any atom is 0.333 e. The quantitative estimate of drug-likeness (QED) is 0.386. The number of ether oxygens (including phenoxy) is 1. The van der Waals surface area contributed by atoms with Gasteiger partial charge in [-0.2, -0.15) is 0 Å². The number of ketones is 1. The van der Waals surface area contributed by atoms with Crippen molar-refractivity contribution in [3.05, 3.63) is 94.4 Å². The number of carbonyl (C=O) groups is 2. The molecule has 6 heteroatoms. The van der Waals surface area contributed by atoms with Gasteiger partial charge in [-0.3, -0.25) is 9.59 Å². The van der Waals surface area contributed by atoms with Crippen molar-refractivity contribution in [3.63, 3.8) is 0 Å². The number of nitrogens with one attached hydrogen (secondary N) is 1. The lowest BCUT2D eigenvalue weighted by Gasteiger charge is -2.07. The number of aromatic amines is 1. The highest BCUT2D eigenvalue weighted by atomic mass is 16.5. The second-order valence-electron chi connectivity index (χ2n) is 6.99. The fourth-order valence-corrected chi connectivity index (χ4v) is 3.29. The first kappa shape index (κ1) is 19.9. The maximum absolute atomic E-state index is 12.6.